The van der Waals surface area contributed by atoms with E-state index in [4.69, 9.17) is 16.1 Å². The van der Waals surface area contributed by atoms with Gasteiger partial charge >= 0.3 is 0 Å². The Morgan fingerprint density at radius 1 is 1.43 bits per heavy atom. The third kappa shape index (κ3) is 2.78. The van der Waals surface area contributed by atoms with Gasteiger partial charge in [0.2, 0.25) is 5.89 Å². The molecule has 1 amide bonds. The molecule has 1 aliphatic heterocycles. The van der Waals surface area contributed by atoms with E-state index >= 15 is 0 Å². The number of nitrogens with zero attached hydrogens (tertiary/aromatic N) is 3. The van der Waals surface area contributed by atoms with Gasteiger partial charge in [0.15, 0.2) is 5.82 Å². The van der Waals surface area contributed by atoms with Crippen LogP contribution in [0.25, 0.3) is 0 Å². The molecule has 2 heterocycles. The average molecular weight is 306 g/mol. The number of halogens is 1. The van der Waals surface area contributed by atoms with Crippen LogP contribution in [0.5, 0.6) is 0 Å². The highest BCUT2D eigenvalue weighted by atomic mass is 35.5. The fraction of sp³-hybridized carbons (Fsp3) is 0.400. The number of aryl methyl sites for hydroxylation is 2. The third-order valence-corrected chi connectivity index (χ3v) is 4.20. The van der Waals surface area contributed by atoms with Gasteiger partial charge in [0.05, 0.1) is 5.92 Å². The quantitative estimate of drug-likeness (QED) is 0.856. The van der Waals surface area contributed by atoms with Crippen molar-refractivity contribution in [2.75, 3.05) is 13.1 Å². The van der Waals surface area contributed by atoms with Crippen LogP contribution in [0.4, 0.5) is 0 Å². The molecule has 0 unspecified atom stereocenters. The van der Waals surface area contributed by atoms with Crippen molar-refractivity contribution in [3.05, 3.63) is 46.1 Å². The molecule has 5 nitrogen and oxygen atoms in total. The number of amides is 1. The Bertz CT molecular complexity index is 683. The number of hydrogen-bond donors (Lipinski definition) is 0. The van der Waals surface area contributed by atoms with Crippen molar-refractivity contribution in [2.45, 2.75) is 26.2 Å². The summed E-state index contributed by atoms with van der Waals surface area (Å²) in [4.78, 5) is 18.6. The van der Waals surface area contributed by atoms with Gasteiger partial charge in [-0.05, 0) is 44.0 Å². The van der Waals surface area contributed by atoms with Crippen LogP contribution in [0.3, 0.4) is 0 Å². The first-order chi connectivity index (χ1) is 10.0. The van der Waals surface area contributed by atoms with Gasteiger partial charge in [0, 0.05) is 23.7 Å². The minimum atomic E-state index is 0.0218. The Labute approximate surface area is 127 Å². The lowest BCUT2D eigenvalue weighted by atomic mass is 10.1. The van der Waals surface area contributed by atoms with Crippen LogP contribution >= 0.6 is 11.6 Å². The Balaban J connectivity index is 1.73. The predicted molar refractivity (Wildman–Crippen MR) is 78.5 cm³/mol. The molecule has 3 rings (SSSR count). The first-order valence-corrected chi connectivity index (χ1v) is 7.28. The van der Waals surface area contributed by atoms with Crippen molar-refractivity contribution in [1.29, 1.82) is 0 Å². The molecule has 21 heavy (non-hydrogen) atoms. The van der Waals surface area contributed by atoms with Gasteiger partial charge in [-0.15, -0.1) is 0 Å². The van der Waals surface area contributed by atoms with Crippen LogP contribution in [0.2, 0.25) is 5.02 Å². The van der Waals surface area contributed by atoms with Crippen LogP contribution in [-0.4, -0.2) is 34.0 Å². The van der Waals surface area contributed by atoms with Gasteiger partial charge < -0.3 is 9.42 Å². The fourth-order valence-corrected chi connectivity index (χ4v) is 2.70. The summed E-state index contributed by atoms with van der Waals surface area (Å²) < 4.78 is 5.20. The first kappa shape index (κ1) is 14.1. The summed E-state index contributed by atoms with van der Waals surface area (Å²) in [5.41, 5.74) is 1.57. The van der Waals surface area contributed by atoms with E-state index in [1.165, 1.54) is 0 Å². The molecule has 1 aliphatic rings. The van der Waals surface area contributed by atoms with E-state index < -0.39 is 0 Å². The van der Waals surface area contributed by atoms with Gasteiger partial charge in [-0.1, -0.05) is 16.8 Å². The predicted octanol–water partition coefficient (Wildman–Crippen LogP) is 2.97. The second-order valence-electron chi connectivity index (χ2n) is 5.38. The molecule has 0 bridgehead atoms. The summed E-state index contributed by atoms with van der Waals surface area (Å²) in [5.74, 6) is 1.40. The fourth-order valence-electron chi connectivity index (χ4n) is 2.59. The van der Waals surface area contributed by atoms with Crippen LogP contribution in [0.15, 0.2) is 22.7 Å². The first-order valence-electron chi connectivity index (χ1n) is 6.90. The van der Waals surface area contributed by atoms with Crippen molar-refractivity contribution < 1.29 is 9.32 Å². The van der Waals surface area contributed by atoms with E-state index in [1.807, 2.05) is 17.9 Å². The maximum atomic E-state index is 12.5. The molecular formula is C15H16ClN3O2. The van der Waals surface area contributed by atoms with Crippen LogP contribution in [0, 0.1) is 13.8 Å². The molecule has 2 aromatic rings. The zero-order valence-electron chi connectivity index (χ0n) is 12.0. The lowest BCUT2D eigenvalue weighted by Crippen LogP contribution is -2.28. The standard InChI is InChI=1S/C15H16ClN3O2/c1-9-7-11(3-4-13(9)16)15(20)19-6-5-12(8-19)14-17-10(2)18-21-14/h3-4,7,12H,5-6,8H2,1-2H3/t12-/m0/s1. The number of aromatic nitrogens is 2. The summed E-state index contributed by atoms with van der Waals surface area (Å²) in [7, 11) is 0. The molecule has 0 radical (unpaired) electrons. The molecule has 0 aliphatic carbocycles. The summed E-state index contributed by atoms with van der Waals surface area (Å²) >= 11 is 6.00. The highest BCUT2D eigenvalue weighted by molar-refractivity contribution is 6.31. The van der Waals surface area contributed by atoms with E-state index in [9.17, 15) is 4.79 Å². The minimum absolute atomic E-state index is 0.0218. The van der Waals surface area contributed by atoms with Crippen molar-refractivity contribution in [2.24, 2.45) is 0 Å². The topological polar surface area (TPSA) is 59.2 Å². The number of carbonyl (C=O) groups is 1. The van der Waals surface area contributed by atoms with Gasteiger partial charge in [0.1, 0.15) is 0 Å². The van der Waals surface area contributed by atoms with Crippen LogP contribution < -0.4 is 0 Å². The number of benzene rings is 1. The van der Waals surface area contributed by atoms with Crippen molar-refractivity contribution >= 4 is 17.5 Å². The molecule has 1 fully saturated rings. The molecule has 1 saturated heterocycles. The maximum absolute atomic E-state index is 12.5. The highest BCUT2D eigenvalue weighted by Crippen LogP contribution is 2.27. The Hall–Kier alpha value is -1.88. The van der Waals surface area contributed by atoms with E-state index in [2.05, 4.69) is 10.1 Å². The third-order valence-electron chi connectivity index (χ3n) is 3.77. The molecule has 1 atom stereocenters. The monoisotopic (exact) mass is 305 g/mol. The summed E-state index contributed by atoms with van der Waals surface area (Å²) in [6, 6.07) is 5.36. The Kier molecular flexibility index (Phi) is 3.68. The molecule has 1 aromatic heterocycles. The summed E-state index contributed by atoms with van der Waals surface area (Å²) in [6.45, 7) is 5.00. The normalized spacial score (nSPS) is 18.2. The molecule has 110 valence electrons. The minimum Gasteiger partial charge on any atom is -0.339 e. The molecule has 0 saturated carbocycles. The van der Waals surface area contributed by atoms with Crippen LogP contribution in [-0.2, 0) is 0 Å². The van der Waals surface area contributed by atoms with Crippen molar-refractivity contribution in [1.82, 2.24) is 15.0 Å². The zero-order chi connectivity index (χ0) is 15.0. The molecular weight excluding hydrogens is 290 g/mol. The van der Waals surface area contributed by atoms with Gasteiger partial charge in [-0.25, -0.2) is 0 Å². The Morgan fingerprint density at radius 2 is 2.24 bits per heavy atom. The lowest BCUT2D eigenvalue weighted by Gasteiger charge is -2.16. The van der Waals surface area contributed by atoms with Crippen molar-refractivity contribution in [3.8, 4) is 0 Å². The SMILES string of the molecule is Cc1noc([C@H]2CCN(C(=O)c3ccc(Cl)c(C)c3)C2)n1. The summed E-state index contributed by atoms with van der Waals surface area (Å²) in [6.07, 6.45) is 0.847. The van der Waals surface area contributed by atoms with E-state index in [1.54, 1.807) is 19.1 Å². The number of likely N-dealkylation sites (tertiary alicyclic amines) is 1. The molecule has 0 N–H and O–H groups in total. The van der Waals surface area contributed by atoms with Gasteiger partial charge in [0.25, 0.3) is 5.91 Å². The lowest BCUT2D eigenvalue weighted by molar-refractivity contribution is 0.0789. The van der Waals surface area contributed by atoms with E-state index in [0.717, 1.165) is 12.0 Å². The van der Waals surface area contributed by atoms with E-state index in [-0.39, 0.29) is 11.8 Å². The zero-order valence-corrected chi connectivity index (χ0v) is 12.7. The smallest absolute Gasteiger partial charge is 0.253 e. The molecule has 1 aromatic carbocycles. The average Bonchev–Trinajstić information content (AvgIpc) is 3.09. The molecule has 0 spiro atoms. The molecule has 6 heteroatoms. The van der Waals surface area contributed by atoms with Gasteiger partial charge in [-0.2, -0.15) is 4.98 Å². The largest absolute Gasteiger partial charge is 0.339 e. The number of rotatable bonds is 2. The van der Waals surface area contributed by atoms with Crippen molar-refractivity contribution in [3.63, 3.8) is 0 Å². The summed E-state index contributed by atoms with van der Waals surface area (Å²) in [5, 5.41) is 4.48. The van der Waals surface area contributed by atoms with E-state index in [0.29, 0.717) is 35.4 Å². The maximum Gasteiger partial charge on any atom is 0.253 e. The Morgan fingerprint density at radius 3 is 2.90 bits per heavy atom. The second kappa shape index (κ2) is 5.48. The number of hydrogen-bond acceptors (Lipinski definition) is 4. The highest BCUT2D eigenvalue weighted by Gasteiger charge is 2.31. The van der Waals surface area contributed by atoms with Crippen LogP contribution in [0.1, 0.15) is 40.0 Å². The number of carbonyl (C=O) groups excluding carboxylic acids is 1. The van der Waals surface area contributed by atoms with Gasteiger partial charge in [-0.3, -0.25) is 4.79 Å². The second-order valence-corrected chi connectivity index (χ2v) is 5.79.